The van der Waals surface area contributed by atoms with Crippen molar-refractivity contribution >= 4 is 22.8 Å². The summed E-state index contributed by atoms with van der Waals surface area (Å²) in [6, 6.07) is 23.8. The summed E-state index contributed by atoms with van der Waals surface area (Å²) in [4.78, 5) is 32.9. The highest BCUT2D eigenvalue weighted by molar-refractivity contribution is 5.91. The van der Waals surface area contributed by atoms with Crippen LogP contribution in [0.15, 0.2) is 83.7 Å². The number of amides is 2. The summed E-state index contributed by atoms with van der Waals surface area (Å²) < 4.78 is 7.24. The molecule has 0 aliphatic carbocycles. The predicted octanol–water partition coefficient (Wildman–Crippen LogP) is 5.13. The van der Waals surface area contributed by atoms with Crippen molar-refractivity contribution in [3.05, 3.63) is 100 Å². The summed E-state index contributed by atoms with van der Waals surface area (Å²) in [7, 11) is 1.72. The number of nitrogens with one attached hydrogen (secondary N) is 1. The van der Waals surface area contributed by atoms with Gasteiger partial charge in [0.1, 0.15) is 11.4 Å². The number of urea groups is 1. The topological polar surface area (TPSA) is 76.5 Å². The van der Waals surface area contributed by atoms with Gasteiger partial charge in [0.2, 0.25) is 0 Å². The van der Waals surface area contributed by atoms with Gasteiger partial charge >= 0.3 is 6.03 Å². The van der Waals surface area contributed by atoms with E-state index in [0.29, 0.717) is 29.3 Å². The van der Waals surface area contributed by atoms with Crippen LogP contribution in [0, 0.1) is 0 Å². The number of nitrogens with zero attached hydrogens (tertiary/aromatic N) is 3. The Balaban J connectivity index is 1.72. The van der Waals surface area contributed by atoms with Gasteiger partial charge in [-0.3, -0.25) is 4.79 Å². The molecule has 1 N–H and O–H groups in total. The maximum absolute atomic E-state index is 13.6. The number of benzene rings is 3. The van der Waals surface area contributed by atoms with E-state index in [1.54, 1.807) is 22.6 Å². The zero-order chi connectivity index (χ0) is 24.1. The third kappa shape index (κ3) is 4.78. The van der Waals surface area contributed by atoms with E-state index in [1.165, 1.54) is 0 Å². The van der Waals surface area contributed by atoms with Gasteiger partial charge in [-0.25, -0.2) is 9.78 Å². The highest BCUT2D eigenvalue weighted by Crippen LogP contribution is 2.27. The number of hydrogen-bond acceptors (Lipinski definition) is 4. The van der Waals surface area contributed by atoms with E-state index in [0.717, 1.165) is 11.1 Å². The first-order chi connectivity index (χ1) is 16.5. The molecule has 2 amide bonds. The Morgan fingerprint density at radius 3 is 2.47 bits per heavy atom. The Hall–Kier alpha value is -4.13. The van der Waals surface area contributed by atoms with Gasteiger partial charge in [-0.1, -0.05) is 54.6 Å². The summed E-state index contributed by atoms with van der Waals surface area (Å²) >= 11 is 0. The monoisotopic (exact) mass is 456 g/mol. The number of para-hydroxylation sites is 4. The van der Waals surface area contributed by atoms with Gasteiger partial charge in [0.05, 0.1) is 35.9 Å². The molecule has 34 heavy (non-hydrogen) atoms. The van der Waals surface area contributed by atoms with Gasteiger partial charge in [-0.15, -0.1) is 0 Å². The fourth-order valence-electron chi connectivity index (χ4n) is 3.94. The van der Waals surface area contributed by atoms with Gasteiger partial charge in [-0.2, -0.15) is 0 Å². The molecule has 0 bridgehead atoms. The molecule has 0 unspecified atom stereocenters. The Morgan fingerprint density at radius 2 is 1.71 bits per heavy atom. The fraction of sp³-hybridized carbons (Fsp3) is 0.222. The standard InChI is InChI=1S/C27H28N4O3/c1-4-34-25-17-11-9-15-22(25)29-27(33)31(19(2)20-12-6-5-7-13-20)18-23-26(32)30(3)24-16-10-8-14-21(24)28-23/h5-17,19H,4,18H2,1-3H3,(H,29,33)/t19-/m1/s1. The molecule has 0 saturated heterocycles. The van der Waals surface area contributed by atoms with E-state index < -0.39 is 0 Å². The molecular weight excluding hydrogens is 428 g/mol. The van der Waals surface area contributed by atoms with Crippen LogP contribution in [0.3, 0.4) is 0 Å². The number of aryl methyl sites for hydroxylation is 1. The second-order valence-electron chi connectivity index (χ2n) is 7.99. The smallest absolute Gasteiger partial charge is 0.322 e. The molecule has 4 rings (SSSR count). The average Bonchev–Trinajstić information content (AvgIpc) is 2.86. The van der Waals surface area contributed by atoms with Crippen LogP contribution in [0.1, 0.15) is 31.1 Å². The zero-order valence-corrected chi connectivity index (χ0v) is 19.6. The highest BCUT2D eigenvalue weighted by Gasteiger charge is 2.25. The zero-order valence-electron chi connectivity index (χ0n) is 19.6. The first-order valence-corrected chi connectivity index (χ1v) is 11.3. The van der Waals surface area contributed by atoms with Crippen molar-refractivity contribution in [1.29, 1.82) is 0 Å². The second-order valence-corrected chi connectivity index (χ2v) is 7.99. The summed E-state index contributed by atoms with van der Waals surface area (Å²) in [5.41, 5.74) is 3.04. The Bertz CT molecular complexity index is 1350. The molecule has 0 saturated carbocycles. The summed E-state index contributed by atoms with van der Waals surface area (Å²) in [6.07, 6.45) is 0. The summed E-state index contributed by atoms with van der Waals surface area (Å²) in [5, 5.41) is 2.96. The lowest BCUT2D eigenvalue weighted by molar-refractivity contribution is 0.188. The predicted molar refractivity (Wildman–Crippen MR) is 134 cm³/mol. The van der Waals surface area contributed by atoms with Crippen molar-refractivity contribution in [1.82, 2.24) is 14.5 Å². The van der Waals surface area contributed by atoms with Crippen molar-refractivity contribution in [2.75, 3.05) is 11.9 Å². The summed E-state index contributed by atoms with van der Waals surface area (Å²) in [6.45, 7) is 4.36. The van der Waals surface area contributed by atoms with E-state index in [-0.39, 0.29) is 24.2 Å². The lowest BCUT2D eigenvalue weighted by Gasteiger charge is -2.30. The third-order valence-electron chi connectivity index (χ3n) is 5.81. The Kier molecular flexibility index (Phi) is 6.92. The number of hydrogen-bond donors (Lipinski definition) is 1. The van der Waals surface area contributed by atoms with E-state index in [4.69, 9.17) is 4.74 Å². The average molecular weight is 457 g/mol. The molecular formula is C27H28N4O3. The largest absolute Gasteiger partial charge is 0.492 e. The van der Waals surface area contributed by atoms with Crippen molar-refractivity contribution in [2.24, 2.45) is 7.05 Å². The van der Waals surface area contributed by atoms with E-state index in [2.05, 4.69) is 10.3 Å². The molecule has 0 spiro atoms. The minimum atomic E-state index is -0.347. The number of anilines is 1. The molecule has 0 aliphatic rings. The van der Waals surface area contributed by atoms with Gasteiger partial charge in [-0.05, 0) is 43.7 Å². The van der Waals surface area contributed by atoms with Gasteiger partial charge in [0.25, 0.3) is 5.56 Å². The van der Waals surface area contributed by atoms with Crippen LogP contribution in [0.25, 0.3) is 11.0 Å². The molecule has 7 nitrogen and oxygen atoms in total. The maximum atomic E-state index is 13.6. The molecule has 7 heteroatoms. The van der Waals surface area contributed by atoms with Gasteiger partial charge in [0.15, 0.2) is 0 Å². The second kappa shape index (κ2) is 10.2. The lowest BCUT2D eigenvalue weighted by Crippen LogP contribution is -2.39. The van der Waals surface area contributed by atoms with Crippen LogP contribution in [-0.2, 0) is 13.6 Å². The molecule has 4 aromatic rings. The van der Waals surface area contributed by atoms with Crippen LogP contribution in [-0.4, -0.2) is 27.1 Å². The van der Waals surface area contributed by atoms with Crippen molar-refractivity contribution in [2.45, 2.75) is 26.4 Å². The van der Waals surface area contributed by atoms with Crippen molar-refractivity contribution in [3.8, 4) is 5.75 Å². The number of fused-ring (bicyclic) bond motifs is 1. The quantitative estimate of drug-likeness (QED) is 0.418. The molecule has 3 aromatic carbocycles. The van der Waals surface area contributed by atoms with E-state index in [9.17, 15) is 9.59 Å². The van der Waals surface area contributed by atoms with E-state index >= 15 is 0 Å². The molecule has 0 fully saturated rings. The lowest BCUT2D eigenvalue weighted by atomic mass is 10.1. The molecule has 1 heterocycles. The molecule has 0 radical (unpaired) electrons. The minimum absolute atomic E-state index is 0.0518. The molecule has 0 aliphatic heterocycles. The maximum Gasteiger partial charge on any atom is 0.322 e. The minimum Gasteiger partial charge on any atom is -0.492 e. The SMILES string of the molecule is CCOc1ccccc1NC(=O)N(Cc1nc2ccccc2n(C)c1=O)[C@H](C)c1ccccc1. The Morgan fingerprint density at radius 1 is 1.03 bits per heavy atom. The first-order valence-electron chi connectivity index (χ1n) is 11.3. The number of ether oxygens (including phenoxy) is 1. The van der Waals surface area contributed by atoms with Crippen LogP contribution in [0.5, 0.6) is 5.75 Å². The van der Waals surface area contributed by atoms with Crippen molar-refractivity contribution < 1.29 is 9.53 Å². The van der Waals surface area contributed by atoms with Crippen LogP contribution < -0.4 is 15.6 Å². The first kappa shape index (κ1) is 23.0. The molecule has 174 valence electrons. The van der Waals surface area contributed by atoms with E-state index in [1.807, 2.05) is 86.6 Å². The Labute approximate surface area is 198 Å². The number of aromatic nitrogens is 2. The van der Waals surface area contributed by atoms with Gasteiger partial charge < -0.3 is 19.5 Å². The van der Waals surface area contributed by atoms with Crippen LogP contribution >= 0.6 is 0 Å². The normalized spacial score (nSPS) is 11.7. The third-order valence-corrected chi connectivity index (χ3v) is 5.81. The number of carbonyl (C=O) groups excluding carboxylic acids is 1. The van der Waals surface area contributed by atoms with Gasteiger partial charge in [0, 0.05) is 7.05 Å². The van der Waals surface area contributed by atoms with Crippen LogP contribution in [0.4, 0.5) is 10.5 Å². The summed E-state index contributed by atoms with van der Waals surface area (Å²) in [5.74, 6) is 0.588. The number of carbonyl (C=O) groups is 1. The fourth-order valence-corrected chi connectivity index (χ4v) is 3.94. The molecule has 1 aromatic heterocycles. The number of rotatable bonds is 7. The molecule has 1 atom stereocenters. The van der Waals surface area contributed by atoms with Crippen molar-refractivity contribution in [3.63, 3.8) is 0 Å². The highest BCUT2D eigenvalue weighted by atomic mass is 16.5. The van der Waals surface area contributed by atoms with Crippen LogP contribution in [0.2, 0.25) is 0 Å².